The van der Waals surface area contributed by atoms with E-state index in [1.807, 2.05) is 32.0 Å². The van der Waals surface area contributed by atoms with Crippen LogP contribution in [0.25, 0.3) is 0 Å². The molecular formula is C20H31N3O2. The van der Waals surface area contributed by atoms with Crippen LogP contribution >= 0.6 is 0 Å². The molecule has 2 amide bonds. The molecule has 0 radical (unpaired) electrons. The summed E-state index contributed by atoms with van der Waals surface area (Å²) in [5.41, 5.74) is 3.12. The summed E-state index contributed by atoms with van der Waals surface area (Å²) < 4.78 is 5.48. The molecule has 0 saturated carbocycles. The van der Waals surface area contributed by atoms with Crippen molar-refractivity contribution in [2.24, 2.45) is 5.92 Å². The number of amides is 2. The minimum absolute atomic E-state index is 0.0967. The molecule has 0 spiro atoms. The maximum atomic E-state index is 12.3. The van der Waals surface area contributed by atoms with Crippen molar-refractivity contribution >= 4 is 11.7 Å². The summed E-state index contributed by atoms with van der Waals surface area (Å²) in [6.45, 7) is 8.86. The molecule has 3 rings (SSSR count). The number of nitrogens with zero attached hydrogens (tertiary/aromatic N) is 1. The number of benzene rings is 1. The highest BCUT2D eigenvalue weighted by Crippen LogP contribution is 2.23. The molecule has 1 atom stereocenters. The predicted octanol–water partition coefficient (Wildman–Crippen LogP) is 3.32. The van der Waals surface area contributed by atoms with E-state index in [1.54, 1.807) is 0 Å². The lowest BCUT2D eigenvalue weighted by Crippen LogP contribution is -2.47. The summed E-state index contributed by atoms with van der Waals surface area (Å²) in [5.74, 6) is 0.542. The Labute approximate surface area is 151 Å². The quantitative estimate of drug-likeness (QED) is 0.880. The van der Waals surface area contributed by atoms with Crippen LogP contribution in [0.4, 0.5) is 10.5 Å². The fourth-order valence-corrected chi connectivity index (χ4v) is 4.05. The summed E-state index contributed by atoms with van der Waals surface area (Å²) in [7, 11) is 0. The van der Waals surface area contributed by atoms with Gasteiger partial charge in [-0.1, -0.05) is 18.2 Å². The number of carbonyl (C=O) groups excluding carboxylic acids is 1. The minimum Gasteiger partial charge on any atom is -0.381 e. The molecule has 0 aliphatic carbocycles. The first kappa shape index (κ1) is 18.2. The van der Waals surface area contributed by atoms with E-state index in [9.17, 15) is 4.79 Å². The van der Waals surface area contributed by atoms with Crippen molar-refractivity contribution < 1.29 is 9.53 Å². The Morgan fingerprint density at radius 1 is 1.20 bits per heavy atom. The maximum Gasteiger partial charge on any atom is 0.319 e. The third-order valence-electron chi connectivity index (χ3n) is 5.53. The van der Waals surface area contributed by atoms with Gasteiger partial charge in [-0.2, -0.15) is 0 Å². The van der Waals surface area contributed by atoms with Crippen LogP contribution in [0.3, 0.4) is 0 Å². The number of carbonyl (C=O) groups is 1. The topological polar surface area (TPSA) is 53.6 Å². The lowest BCUT2D eigenvalue weighted by molar-refractivity contribution is 0.0181. The molecule has 1 aromatic carbocycles. The fraction of sp³-hybridized carbons (Fsp3) is 0.650. The molecule has 138 valence electrons. The Kier molecular flexibility index (Phi) is 6.32. The lowest BCUT2D eigenvalue weighted by Gasteiger charge is -2.40. The number of para-hydroxylation sites is 1. The van der Waals surface area contributed by atoms with E-state index in [0.717, 1.165) is 56.0 Å². The van der Waals surface area contributed by atoms with Crippen LogP contribution in [0.2, 0.25) is 0 Å². The SMILES string of the molecule is Cc1cccc(C)c1NC(=O)NC[C@H]1CCCN(C2CCOCC2)C1. The molecule has 0 bridgehead atoms. The van der Waals surface area contributed by atoms with E-state index < -0.39 is 0 Å². The zero-order valence-electron chi connectivity index (χ0n) is 15.5. The number of piperidine rings is 1. The van der Waals surface area contributed by atoms with Crippen LogP contribution in [-0.2, 0) is 4.74 Å². The van der Waals surface area contributed by atoms with Crippen molar-refractivity contribution in [2.45, 2.75) is 45.6 Å². The zero-order chi connectivity index (χ0) is 17.6. The number of hydrogen-bond donors (Lipinski definition) is 2. The molecular weight excluding hydrogens is 314 g/mol. The van der Waals surface area contributed by atoms with Gasteiger partial charge >= 0.3 is 6.03 Å². The molecule has 2 heterocycles. The van der Waals surface area contributed by atoms with E-state index in [2.05, 4.69) is 15.5 Å². The molecule has 2 aliphatic rings. The van der Waals surface area contributed by atoms with Gasteiger partial charge in [0.15, 0.2) is 0 Å². The van der Waals surface area contributed by atoms with E-state index in [-0.39, 0.29) is 6.03 Å². The molecule has 25 heavy (non-hydrogen) atoms. The number of anilines is 1. The Hall–Kier alpha value is -1.59. The number of aryl methyl sites for hydroxylation is 2. The molecule has 0 aromatic heterocycles. The maximum absolute atomic E-state index is 12.3. The molecule has 2 saturated heterocycles. The van der Waals surface area contributed by atoms with Crippen LogP contribution in [-0.4, -0.2) is 49.8 Å². The molecule has 5 nitrogen and oxygen atoms in total. The highest BCUT2D eigenvalue weighted by atomic mass is 16.5. The highest BCUT2D eigenvalue weighted by Gasteiger charge is 2.27. The normalized spacial score (nSPS) is 22.6. The Balaban J connectivity index is 1.46. The number of nitrogens with one attached hydrogen (secondary N) is 2. The Morgan fingerprint density at radius 2 is 1.92 bits per heavy atom. The summed E-state index contributed by atoms with van der Waals surface area (Å²) >= 11 is 0. The monoisotopic (exact) mass is 345 g/mol. The summed E-state index contributed by atoms with van der Waals surface area (Å²) in [6, 6.07) is 6.63. The van der Waals surface area contributed by atoms with Gasteiger partial charge in [0.05, 0.1) is 0 Å². The second-order valence-corrected chi connectivity index (χ2v) is 7.45. The van der Waals surface area contributed by atoms with Crippen LogP contribution in [0.5, 0.6) is 0 Å². The average molecular weight is 345 g/mol. The van der Waals surface area contributed by atoms with E-state index in [0.29, 0.717) is 12.0 Å². The lowest BCUT2D eigenvalue weighted by atomic mass is 9.95. The van der Waals surface area contributed by atoms with Crippen molar-refractivity contribution in [1.82, 2.24) is 10.2 Å². The number of hydrogen-bond acceptors (Lipinski definition) is 3. The van der Waals surface area contributed by atoms with Crippen LogP contribution in [0, 0.1) is 19.8 Å². The predicted molar refractivity (Wildman–Crippen MR) is 101 cm³/mol. The largest absolute Gasteiger partial charge is 0.381 e. The van der Waals surface area contributed by atoms with Gasteiger partial charge in [-0.25, -0.2) is 4.79 Å². The smallest absolute Gasteiger partial charge is 0.319 e. The van der Waals surface area contributed by atoms with E-state index in [1.165, 1.54) is 19.4 Å². The van der Waals surface area contributed by atoms with Gasteiger partial charge in [0.2, 0.25) is 0 Å². The highest BCUT2D eigenvalue weighted by molar-refractivity contribution is 5.90. The molecule has 0 unspecified atom stereocenters. The van der Waals surface area contributed by atoms with Gasteiger partial charge in [-0.15, -0.1) is 0 Å². The van der Waals surface area contributed by atoms with Gasteiger partial charge in [-0.05, 0) is 63.1 Å². The standard InChI is InChI=1S/C20H31N3O2/c1-15-5-3-6-16(2)19(15)22-20(24)21-13-17-7-4-10-23(14-17)18-8-11-25-12-9-18/h3,5-6,17-18H,4,7-14H2,1-2H3,(H2,21,22,24)/t17-/m1/s1. The van der Waals surface area contributed by atoms with Crippen LogP contribution in [0.1, 0.15) is 36.8 Å². The van der Waals surface area contributed by atoms with Gasteiger partial charge in [0.25, 0.3) is 0 Å². The molecule has 5 heteroatoms. The Morgan fingerprint density at radius 3 is 2.64 bits per heavy atom. The number of rotatable bonds is 4. The number of urea groups is 1. The van der Waals surface area contributed by atoms with E-state index >= 15 is 0 Å². The first-order valence-electron chi connectivity index (χ1n) is 9.56. The number of likely N-dealkylation sites (tertiary alicyclic amines) is 1. The van der Waals surface area contributed by atoms with Gasteiger partial charge in [0, 0.05) is 38.0 Å². The van der Waals surface area contributed by atoms with E-state index in [4.69, 9.17) is 4.74 Å². The summed E-state index contributed by atoms with van der Waals surface area (Å²) in [4.78, 5) is 14.9. The van der Waals surface area contributed by atoms with Crippen molar-refractivity contribution in [3.63, 3.8) is 0 Å². The second kappa shape index (κ2) is 8.68. The Bertz CT molecular complexity index is 564. The molecule has 1 aromatic rings. The first-order chi connectivity index (χ1) is 12.1. The average Bonchev–Trinajstić information content (AvgIpc) is 2.64. The molecule has 2 N–H and O–H groups in total. The van der Waals surface area contributed by atoms with Gasteiger partial charge in [0.1, 0.15) is 0 Å². The minimum atomic E-state index is -0.0967. The summed E-state index contributed by atoms with van der Waals surface area (Å²) in [5, 5.41) is 6.09. The third kappa shape index (κ3) is 4.95. The fourth-order valence-electron chi connectivity index (χ4n) is 4.05. The van der Waals surface area contributed by atoms with Crippen LogP contribution < -0.4 is 10.6 Å². The van der Waals surface area contributed by atoms with Gasteiger partial charge < -0.3 is 15.4 Å². The van der Waals surface area contributed by atoms with Crippen molar-refractivity contribution in [3.05, 3.63) is 29.3 Å². The van der Waals surface area contributed by atoms with Crippen molar-refractivity contribution in [3.8, 4) is 0 Å². The summed E-state index contributed by atoms with van der Waals surface area (Å²) in [6.07, 6.45) is 4.71. The molecule has 2 aliphatic heterocycles. The van der Waals surface area contributed by atoms with Crippen LogP contribution in [0.15, 0.2) is 18.2 Å². The van der Waals surface area contributed by atoms with Crippen molar-refractivity contribution in [1.29, 1.82) is 0 Å². The van der Waals surface area contributed by atoms with Gasteiger partial charge in [-0.3, -0.25) is 4.90 Å². The first-order valence-corrected chi connectivity index (χ1v) is 9.56. The zero-order valence-corrected chi connectivity index (χ0v) is 15.5. The second-order valence-electron chi connectivity index (χ2n) is 7.45. The number of ether oxygens (including phenoxy) is 1. The molecule has 2 fully saturated rings. The van der Waals surface area contributed by atoms with Crippen molar-refractivity contribution in [2.75, 3.05) is 38.2 Å². The third-order valence-corrected chi connectivity index (χ3v) is 5.53.